The van der Waals surface area contributed by atoms with Gasteiger partial charge in [0.25, 0.3) is 0 Å². The highest BCUT2D eigenvalue weighted by molar-refractivity contribution is 14.1. The lowest BCUT2D eigenvalue weighted by atomic mass is 10.2. The summed E-state index contributed by atoms with van der Waals surface area (Å²) in [6.45, 7) is 0.514. The number of hydrogen-bond donors (Lipinski definition) is 2. The minimum absolute atomic E-state index is 0.116. The van der Waals surface area contributed by atoms with Crippen molar-refractivity contribution in [1.29, 1.82) is 0 Å². The zero-order chi connectivity index (χ0) is 9.84. The van der Waals surface area contributed by atoms with Crippen LogP contribution >= 0.6 is 38.5 Å². The third-order valence-electron chi connectivity index (χ3n) is 1.45. The van der Waals surface area contributed by atoms with Crippen LogP contribution < -0.4 is 11.5 Å². The minimum Gasteiger partial charge on any atom is -0.370 e. The molecule has 0 atom stereocenters. The fourth-order valence-corrected chi connectivity index (χ4v) is 2.25. The van der Waals surface area contributed by atoms with E-state index in [9.17, 15) is 0 Å². The van der Waals surface area contributed by atoms with Crippen molar-refractivity contribution < 1.29 is 0 Å². The summed E-state index contributed by atoms with van der Waals surface area (Å²) in [4.78, 5) is 3.93. The third kappa shape index (κ3) is 3.51. The Labute approximate surface area is 98.9 Å². The van der Waals surface area contributed by atoms with E-state index in [0.717, 1.165) is 10.0 Å². The lowest BCUT2D eigenvalue weighted by Crippen LogP contribution is -2.22. The fraction of sp³-hybridized carbons (Fsp3) is 0.125. The van der Waals surface area contributed by atoms with Crippen LogP contribution in [0.3, 0.4) is 0 Å². The summed E-state index contributed by atoms with van der Waals surface area (Å²) >= 11 is 5.69. The maximum absolute atomic E-state index is 5.23. The molecule has 0 amide bonds. The summed E-state index contributed by atoms with van der Waals surface area (Å²) in [5, 5.41) is 0. The first-order chi connectivity index (χ1) is 6.09. The molecule has 1 aromatic rings. The Morgan fingerprint density at radius 1 is 1.46 bits per heavy atom. The van der Waals surface area contributed by atoms with Gasteiger partial charge in [-0.25, -0.2) is 4.99 Å². The van der Waals surface area contributed by atoms with Gasteiger partial charge in [-0.1, -0.05) is 22.0 Å². The molecule has 0 spiro atoms. The average Bonchev–Trinajstić information content (AvgIpc) is 2.02. The van der Waals surface area contributed by atoms with Crippen LogP contribution in [0.15, 0.2) is 27.7 Å². The molecule has 0 unspecified atom stereocenters. The van der Waals surface area contributed by atoms with E-state index in [1.807, 2.05) is 18.2 Å². The molecule has 1 rings (SSSR count). The van der Waals surface area contributed by atoms with E-state index in [-0.39, 0.29) is 5.96 Å². The second-order valence-electron chi connectivity index (χ2n) is 2.48. The van der Waals surface area contributed by atoms with E-state index < -0.39 is 0 Å². The normalized spacial score (nSPS) is 9.69. The molecule has 0 saturated carbocycles. The first-order valence-electron chi connectivity index (χ1n) is 3.59. The molecular weight excluding hydrogens is 345 g/mol. The smallest absolute Gasteiger partial charge is 0.186 e. The predicted molar refractivity (Wildman–Crippen MR) is 66.4 cm³/mol. The van der Waals surface area contributed by atoms with E-state index in [0.29, 0.717) is 6.54 Å². The van der Waals surface area contributed by atoms with Gasteiger partial charge in [-0.15, -0.1) is 0 Å². The summed E-state index contributed by atoms with van der Waals surface area (Å²) in [7, 11) is 0. The van der Waals surface area contributed by atoms with E-state index in [1.165, 1.54) is 3.57 Å². The molecule has 0 aliphatic carbocycles. The highest BCUT2D eigenvalue weighted by Crippen LogP contribution is 2.20. The SMILES string of the molecule is NC(N)=NCc1ccc(I)cc1Br. The summed E-state index contributed by atoms with van der Waals surface area (Å²) in [6, 6.07) is 6.04. The molecule has 3 nitrogen and oxygen atoms in total. The number of nitrogens with two attached hydrogens (primary N) is 2. The van der Waals surface area contributed by atoms with Crippen LogP contribution in [0.25, 0.3) is 0 Å². The first kappa shape index (κ1) is 10.8. The van der Waals surface area contributed by atoms with Gasteiger partial charge in [0.05, 0.1) is 6.54 Å². The molecule has 5 heteroatoms. The molecule has 0 bridgehead atoms. The molecule has 0 aliphatic rings. The monoisotopic (exact) mass is 353 g/mol. The van der Waals surface area contributed by atoms with Gasteiger partial charge in [0, 0.05) is 8.04 Å². The highest BCUT2D eigenvalue weighted by Gasteiger charge is 1.98. The van der Waals surface area contributed by atoms with Gasteiger partial charge in [0.15, 0.2) is 5.96 Å². The van der Waals surface area contributed by atoms with E-state index in [2.05, 4.69) is 43.5 Å². The molecular formula is C8H9BrIN3. The van der Waals surface area contributed by atoms with Crippen molar-refractivity contribution in [2.45, 2.75) is 6.54 Å². The Balaban J connectivity index is 2.84. The molecule has 0 radical (unpaired) electrons. The number of hydrogen-bond acceptors (Lipinski definition) is 1. The third-order valence-corrected chi connectivity index (χ3v) is 2.86. The van der Waals surface area contributed by atoms with Crippen molar-refractivity contribution in [3.05, 3.63) is 31.8 Å². The maximum atomic E-state index is 5.23. The van der Waals surface area contributed by atoms with Crippen LogP contribution in [-0.2, 0) is 6.54 Å². The molecule has 4 N–H and O–H groups in total. The Morgan fingerprint density at radius 3 is 2.69 bits per heavy atom. The molecule has 70 valence electrons. The Kier molecular flexibility index (Phi) is 3.98. The van der Waals surface area contributed by atoms with Crippen LogP contribution in [0, 0.1) is 3.57 Å². The Hall–Kier alpha value is -0.300. The maximum Gasteiger partial charge on any atom is 0.186 e. The van der Waals surface area contributed by atoms with Crippen molar-refractivity contribution in [1.82, 2.24) is 0 Å². The molecule has 0 saturated heterocycles. The predicted octanol–water partition coefficient (Wildman–Crippen LogP) is 1.83. The molecule has 0 heterocycles. The number of guanidine groups is 1. The molecule has 0 fully saturated rings. The van der Waals surface area contributed by atoms with Crippen molar-refractivity contribution in [3.63, 3.8) is 0 Å². The van der Waals surface area contributed by atoms with Gasteiger partial charge < -0.3 is 11.5 Å². The molecule has 13 heavy (non-hydrogen) atoms. The largest absolute Gasteiger partial charge is 0.370 e. The number of aliphatic imine (C=N–C) groups is 1. The van der Waals surface area contributed by atoms with Crippen LogP contribution in [0.5, 0.6) is 0 Å². The van der Waals surface area contributed by atoms with Crippen molar-refractivity contribution in [2.24, 2.45) is 16.5 Å². The summed E-state index contributed by atoms with van der Waals surface area (Å²) in [5.41, 5.74) is 11.5. The number of rotatable bonds is 2. The van der Waals surface area contributed by atoms with Gasteiger partial charge >= 0.3 is 0 Å². The topological polar surface area (TPSA) is 64.4 Å². The molecule has 0 aromatic heterocycles. The van der Waals surface area contributed by atoms with Crippen LogP contribution in [-0.4, -0.2) is 5.96 Å². The fourth-order valence-electron chi connectivity index (χ4n) is 0.826. The van der Waals surface area contributed by atoms with Crippen molar-refractivity contribution in [3.8, 4) is 0 Å². The highest BCUT2D eigenvalue weighted by atomic mass is 127. The Morgan fingerprint density at radius 2 is 2.15 bits per heavy atom. The number of nitrogens with zero attached hydrogens (tertiary/aromatic N) is 1. The van der Waals surface area contributed by atoms with E-state index >= 15 is 0 Å². The van der Waals surface area contributed by atoms with Gasteiger partial charge in [0.2, 0.25) is 0 Å². The second-order valence-corrected chi connectivity index (χ2v) is 4.58. The average molecular weight is 354 g/mol. The van der Waals surface area contributed by atoms with Crippen LogP contribution in [0.4, 0.5) is 0 Å². The van der Waals surface area contributed by atoms with Gasteiger partial charge in [-0.2, -0.15) is 0 Å². The Bertz CT molecular complexity index is 334. The molecule has 1 aromatic carbocycles. The lowest BCUT2D eigenvalue weighted by molar-refractivity contribution is 1.04. The summed E-state index contributed by atoms with van der Waals surface area (Å²) in [5.74, 6) is 0.116. The molecule has 0 aliphatic heterocycles. The van der Waals surface area contributed by atoms with E-state index in [1.54, 1.807) is 0 Å². The van der Waals surface area contributed by atoms with Crippen LogP contribution in [0.2, 0.25) is 0 Å². The first-order valence-corrected chi connectivity index (χ1v) is 5.46. The van der Waals surface area contributed by atoms with Crippen molar-refractivity contribution in [2.75, 3.05) is 0 Å². The zero-order valence-corrected chi connectivity index (χ0v) is 10.5. The summed E-state index contributed by atoms with van der Waals surface area (Å²) < 4.78 is 2.21. The zero-order valence-electron chi connectivity index (χ0n) is 6.80. The van der Waals surface area contributed by atoms with Crippen molar-refractivity contribution >= 4 is 44.5 Å². The standard InChI is InChI=1S/C8H9BrIN3/c9-7-3-6(10)2-1-5(7)4-13-8(11)12/h1-3H,4H2,(H4,11,12,13). The van der Waals surface area contributed by atoms with Gasteiger partial charge in [-0.3, -0.25) is 0 Å². The minimum atomic E-state index is 0.116. The quantitative estimate of drug-likeness (QED) is 0.484. The number of halogens is 2. The van der Waals surface area contributed by atoms with Crippen LogP contribution in [0.1, 0.15) is 5.56 Å². The summed E-state index contributed by atoms with van der Waals surface area (Å²) in [6.07, 6.45) is 0. The lowest BCUT2D eigenvalue weighted by Gasteiger charge is -2.01. The number of benzene rings is 1. The van der Waals surface area contributed by atoms with E-state index in [4.69, 9.17) is 11.5 Å². The second kappa shape index (κ2) is 4.80. The van der Waals surface area contributed by atoms with Gasteiger partial charge in [0.1, 0.15) is 0 Å². The van der Waals surface area contributed by atoms with Gasteiger partial charge in [-0.05, 0) is 40.3 Å².